The Labute approximate surface area is 121 Å². The van der Waals surface area contributed by atoms with Gasteiger partial charge in [-0.3, -0.25) is 10.1 Å². The van der Waals surface area contributed by atoms with Crippen molar-refractivity contribution in [2.75, 3.05) is 31.2 Å². The number of nitro groups is 1. The molecule has 7 heteroatoms. The van der Waals surface area contributed by atoms with E-state index in [9.17, 15) is 10.1 Å². The molecule has 1 aromatic carbocycles. The number of rotatable bonds is 2. The standard InChI is InChI=1S/C13H15ClN2O4/c14-10-1-2-11(12(9-10)16(17)18)15-5-3-13(4-6-15)19-7-8-20-13/h1-2,9H,3-8H2. The zero-order chi connectivity index (χ0) is 14.2. The van der Waals surface area contributed by atoms with Gasteiger partial charge < -0.3 is 14.4 Å². The number of hydrogen-bond donors (Lipinski definition) is 0. The Morgan fingerprint density at radius 2 is 1.90 bits per heavy atom. The zero-order valence-corrected chi connectivity index (χ0v) is 11.6. The lowest BCUT2D eigenvalue weighted by Crippen LogP contribution is -2.45. The molecule has 2 fully saturated rings. The minimum absolute atomic E-state index is 0.0432. The van der Waals surface area contributed by atoms with Crippen molar-refractivity contribution in [2.24, 2.45) is 0 Å². The van der Waals surface area contributed by atoms with Crippen molar-refractivity contribution < 1.29 is 14.4 Å². The summed E-state index contributed by atoms with van der Waals surface area (Å²) in [5, 5.41) is 11.5. The highest BCUT2D eigenvalue weighted by atomic mass is 35.5. The summed E-state index contributed by atoms with van der Waals surface area (Å²) in [6.07, 6.45) is 1.43. The van der Waals surface area contributed by atoms with Crippen LogP contribution in [-0.2, 0) is 9.47 Å². The number of benzene rings is 1. The SMILES string of the molecule is O=[N+]([O-])c1cc(Cl)ccc1N1CCC2(CC1)OCCO2. The van der Waals surface area contributed by atoms with Crippen LogP contribution in [0.25, 0.3) is 0 Å². The fraction of sp³-hybridized carbons (Fsp3) is 0.538. The van der Waals surface area contributed by atoms with Crippen molar-refractivity contribution in [2.45, 2.75) is 18.6 Å². The van der Waals surface area contributed by atoms with Crippen LogP contribution in [0.4, 0.5) is 11.4 Å². The van der Waals surface area contributed by atoms with Crippen molar-refractivity contribution in [3.8, 4) is 0 Å². The van der Waals surface area contributed by atoms with Crippen LogP contribution in [0.2, 0.25) is 5.02 Å². The van der Waals surface area contributed by atoms with E-state index in [1.807, 2.05) is 4.90 Å². The molecule has 2 aliphatic heterocycles. The molecule has 1 spiro atoms. The van der Waals surface area contributed by atoms with Crippen molar-refractivity contribution in [1.82, 2.24) is 0 Å². The van der Waals surface area contributed by atoms with Crippen LogP contribution in [-0.4, -0.2) is 37.0 Å². The quantitative estimate of drug-likeness (QED) is 0.620. The minimum Gasteiger partial charge on any atom is -0.366 e. The lowest BCUT2D eigenvalue weighted by Gasteiger charge is -2.38. The fourth-order valence-electron chi connectivity index (χ4n) is 2.78. The van der Waals surface area contributed by atoms with E-state index in [0.29, 0.717) is 49.9 Å². The highest BCUT2D eigenvalue weighted by Gasteiger charge is 2.40. The maximum atomic E-state index is 11.1. The number of halogens is 1. The smallest absolute Gasteiger partial charge is 0.294 e. The van der Waals surface area contributed by atoms with Gasteiger partial charge in [-0.05, 0) is 12.1 Å². The van der Waals surface area contributed by atoms with Gasteiger partial charge >= 0.3 is 0 Å². The molecule has 3 rings (SSSR count). The highest BCUT2D eigenvalue weighted by Crippen LogP contribution is 2.37. The number of nitro benzene ring substituents is 1. The van der Waals surface area contributed by atoms with Gasteiger partial charge in [0.2, 0.25) is 0 Å². The van der Waals surface area contributed by atoms with Crippen molar-refractivity contribution >= 4 is 23.0 Å². The summed E-state index contributed by atoms with van der Waals surface area (Å²) >= 11 is 5.84. The van der Waals surface area contributed by atoms with E-state index in [1.165, 1.54) is 6.07 Å². The zero-order valence-electron chi connectivity index (χ0n) is 10.9. The molecule has 0 atom stereocenters. The van der Waals surface area contributed by atoms with Gasteiger partial charge in [0.25, 0.3) is 5.69 Å². The second-order valence-electron chi connectivity index (χ2n) is 4.98. The van der Waals surface area contributed by atoms with Crippen LogP contribution in [0.15, 0.2) is 18.2 Å². The number of nitrogens with zero attached hydrogens (tertiary/aromatic N) is 2. The van der Waals surface area contributed by atoms with E-state index in [1.54, 1.807) is 12.1 Å². The molecule has 0 N–H and O–H groups in total. The summed E-state index contributed by atoms with van der Waals surface area (Å²) in [6, 6.07) is 4.77. The topological polar surface area (TPSA) is 64.8 Å². The molecular formula is C13H15ClN2O4. The third-order valence-corrected chi connectivity index (χ3v) is 4.05. The molecule has 0 aromatic heterocycles. The normalized spacial score (nSPS) is 21.4. The summed E-state index contributed by atoms with van der Waals surface area (Å²) in [5.74, 6) is -0.474. The summed E-state index contributed by atoms with van der Waals surface area (Å²) in [5.41, 5.74) is 0.647. The van der Waals surface area contributed by atoms with Crippen LogP contribution in [0.1, 0.15) is 12.8 Å². The molecule has 0 bridgehead atoms. The van der Waals surface area contributed by atoms with Crippen molar-refractivity contribution in [3.63, 3.8) is 0 Å². The Hall–Kier alpha value is -1.37. The molecule has 0 radical (unpaired) electrons. The predicted octanol–water partition coefficient (Wildman–Crippen LogP) is 2.59. The molecule has 2 heterocycles. The van der Waals surface area contributed by atoms with Crippen LogP contribution in [0.5, 0.6) is 0 Å². The third-order valence-electron chi connectivity index (χ3n) is 3.81. The predicted molar refractivity (Wildman–Crippen MR) is 74.2 cm³/mol. The van der Waals surface area contributed by atoms with Crippen molar-refractivity contribution in [3.05, 3.63) is 33.3 Å². The first-order valence-electron chi connectivity index (χ1n) is 6.56. The third kappa shape index (κ3) is 2.46. The first-order chi connectivity index (χ1) is 9.60. The maximum Gasteiger partial charge on any atom is 0.294 e. The van der Waals surface area contributed by atoms with Gasteiger partial charge in [0, 0.05) is 37.0 Å². The van der Waals surface area contributed by atoms with Gasteiger partial charge in [-0.15, -0.1) is 0 Å². The van der Waals surface area contributed by atoms with Gasteiger partial charge in [-0.1, -0.05) is 11.6 Å². The number of ether oxygens (including phenoxy) is 2. The molecule has 6 nitrogen and oxygen atoms in total. The molecule has 1 aromatic rings. The molecule has 2 saturated heterocycles. The van der Waals surface area contributed by atoms with Gasteiger partial charge in [0.05, 0.1) is 18.1 Å². The summed E-state index contributed by atoms with van der Waals surface area (Å²) < 4.78 is 11.3. The average Bonchev–Trinajstić information content (AvgIpc) is 2.88. The summed E-state index contributed by atoms with van der Waals surface area (Å²) in [7, 11) is 0. The lowest BCUT2D eigenvalue weighted by molar-refractivity contribution is -0.384. The van der Waals surface area contributed by atoms with Crippen LogP contribution in [0.3, 0.4) is 0 Å². The van der Waals surface area contributed by atoms with E-state index in [0.717, 1.165) is 0 Å². The molecule has 20 heavy (non-hydrogen) atoms. The van der Waals surface area contributed by atoms with E-state index < -0.39 is 10.7 Å². The fourth-order valence-corrected chi connectivity index (χ4v) is 2.95. The average molecular weight is 299 g/mol. The Morgan fingerprint density at radius 3 is 2.50 bits per heavy atom. The molecule has 0 amide bonds. The Morgan fingerprint density at radius 1 is 1.25 bits per heavy atom. The van der Waals surface area contributed by atoms with Gasteiger partial charge in [0.15, 0.2) is 5.79 Å². The molecule has 0 aliphatic carbocycles. The van der Waals surface area contributed by atoms with E-state index in [4.69, 9.17) is 21.1 Å². The van der Waals surface area contributed by atoms with Gasteiger partial charge in [-0.2, -0.15) is 0 Å². The van der Waals surface area contributed by atoms with Crippen LogP contribution in [0, 0.1) is 10.1 Å². The number of anilines is 1. The monoisotopic (exact) mass is 298 g/mol. The van der Waals surface area contributed by atoms with Gasteiger partial charge in [0.1, 0.15) is 5.69 Å². The molecule has 0 unspecified atom stereocenters. The van der Waals surface area contributed by atoms with Crippen LogP contribution < -0.4 is 4.90 Å². The molecule has 0 saturated carbocycles. The number of hydrogen-bond acceptors (Lipinski definition) is 5. The lowest BCUT2D eigenvalue weighted by atomic mass is 10.0. The highest BCUT2D eigenvalue weighted by molar-refractivity contribution is 6.30. The minimum atomic E-state index is -0.474. The Kier molecular flexibility index (Phi) is 3.54. The van der Waals surface area contributed by atoms with Gasteiger partial charge in [-0.25, -0.2) is 0 Å². The van der Waals surface area contributed by atoms with E-state index >= 15 is 0 Å². The molecule has 108 valence electrons. The molecular weight excluding hydrogens is 284 g/mol. The van der Waals surface area contributed by atoms with Crippen molar-refractivity contribution in [1.29, 1.82) is 0 Å². The van der Waals surface area contributed by atoms with E-state index in [2.05, 4.69) is 0 Å². The summed E-state index contributed by atoms with van der Waals surface area (Å²) in [4.78, 5) is 12.7. The van der Waals surface area contributed by atoms with E-state index in [-0.39, 0.29) is 5.69 Å². The second-order valence-corrected chi connectivity index (χ2v) is 5.42. The molecule has 2 aliphatic rings. The number of piperidine rings is 1. The Bertz CT molecular complexity index is 521. The largest absolute Gasteiger partial charge is 0.366 e. The maximum absolute atomic E-state index is 11.1. The second kappa shape index (κ2) is 5.20. The Balaban J connectivity index is 1.79. The summed E-state index contributed by atoms with van der Waals surface area (Å²) in [6.45, 7) is 2.59. The first-order valence-corrected chi connectivity index (χ1v) is 6.94. The first kappa shape index (κ1) is 13.6. The van der Waals surface area contributed by atoms with Crippen LogP contribution >= 0.6 is 11.6 Å².